The minimum absolute atomic E-state index is 0.445. The van der Waals surface area contributed by atoms with Gasteiger partial charge in [-0.05, 0) is 58.4 Å². The van der Waals surface area contributed by atoms with Crippen molar-refractivity contribution in [3.05, 3.63) is 0 Å². The van der Waals surface area contributed by atoms with Gasteiger partial charge in [0.15, 0.2) is 5.96 Å². The first kappa shape index (κ1) is 17.0. The van der Waals surface area contributed by atoms with E-state index in [0.717, 1.165) is 63.5 Å². The van der Waals surface area contributed by atoms with E-state index in [1.807, 2.05) is 0 Å². The number of piperidine rings is 1. The average molecular weight is 322 g/mol. The summed E-state index contributed by atoms with van der Waals surface area (Å²) in [6.07, 6.45) is 6.86. The van der Waals surface area contributed by atoms with Gasteiger partial charge in [0, 0.05) is 45.4 Å². The summed E-state index contributed by atoms with van der Waals surface area (Å²) in [7, 11) is 0. The highest BCUT2D eigenvalue weighted by Crippen LogP contribution is 2.31. The standard InChI is InChI=1S/C18H34N4O/c1-3-19-18(21-11-8-17(9-12-21)23-4-2)20-13-15-7-10-22(14-15)16-5-6-16/h15-17H,3-14H2,1-2H3,(H,19,20). The SMILES string of the molecule is CCNC(=NCC1CCN(C2CC2)C1)N1CCC(OCC)CC1. The molecular weight excluding hydrogens is 288 g/mol. The Morgan fingerprint density at radius 1 is 1.09 bits per heavy atom. The van der Waals surface area contributed by atoms with E-state index in [0.29, 0.717) is 6.10 Å². The summed E-state index contributed by atoms with van der Waals surface area (Å²) in [5, 5.41) is 3.49. The third kappa shape index (κ3) is 4.83. The molecule has 3 fully saturated rings. The molecule has 0 aromatic heterocycles. The molecule has 0 aromatic carbocycles. The zero-order valence-corrected chi connectivity index (χ0v) is 15.0. The van der Waals surface area contributed by atoms with E-state index in [4.69, 9.17) is 9.73 Å². The first-order valence-corrected chi connectivity index (χ1v) is 9.69. The molecule has 23 heavy (non-hydrogen) atoms. The third-order valence-electron chi connectivity index (χ3n) is 5.36. The van der Waals surface area contributed by atoms with Gasteiger partial charge in [0.25, 0.3) is 0 Å². The summed E-state index contributed by atoms with van der Waals surface area (Å²) in [6.45, 7) is 11.7. The molecule has 0 aromatic rings. The smallest absolute Gasteiger partial charge is 0.193 e. The molecule has 0 radical (unpaired) electrons. The van der Waals surface area contributed by atoms with Gasteiger partial charge in [-0.25, -0.2) is 0 Å². The van der Waals surface area contributed by atoms with Crippen molar-refractivity contribution >= 4 is 5.96 Å². The second kappa shape index (κ2) is 8.34. The zero-order valence-electron chi connectivity index (χ0n) is 15.0. The molecule has 0 spiro atoms. The number of hydrogen-bond acceptors (Lipinski definition) is 3. The van der Waals surface area contributed by atoms with Crippen molar-refractivity contribution < 1.29 is 4.74 Å². The average Bonchev–Trinajstić information content (AvgIpc) is 3.31. The Hall–Kier alpha value is -0.810. The van der Waals surface area contributed by atoms with Crippen LogP contribution in [-0.4, -0.2) is 73.8 Å². The Bertz CT molecular complexity index is 388. The normalized spacial score (nSPS) is 27.7. The van der Waals surface area contributed by atoms with E-state index in [1.54, 1.807) is 0 Å². The molecule has 3 aliphatic rings. The summed E-state index contributed by atoms with van der Waals surface area (Å²) in [5.41, 5.74) is 0. The van der Waals surface area contributed by atoms with Gasteiger partial charge in [-0.3, -0.25) is 4.99 Å². The van der Waals surface area contributed by atoms with Gasteiger partial charge < -0.3 is 19.9 Å². The highest BCUT2D eigenvalue weighted by Gasteiger charge is 2.34. The van der Waals surface area contributed by atoms with Gasteiger partial charge in [-0.1, -0.05) is 0 Å². The van der Waals surface area contributed by atoms with E-state index >= 15 is 0 Å². The summed E-state index contributed by atoms with van der Waals surface area (Å²) >= 11 is 0. The molecule has 3 rings (SSSR count). The molecule has 2 saturated heterocycles. The number of likely N-dealkylation sites (tertiary alicyclic amines) is 2. The fourth-order valence-corrected chi connectivity index (χ4v) is 3.89. The molecule has 2 aliphatic heterocycles. The molecule has 132 valence electrons. The first-order chi connectivity index (χ1) is 11.3. The van der Waals surface area contributed by atoms with Crippen molar-refractivity contribution in [3.8, 4) is 0 Å². The predicted octanol–water partition coefficient (Wildman–Crippen LogP) is 1.94. The Morgan fingerprint density at radius 2 is 1.87 bits per heavy atom. The molecule has 1 saturated carbocycles. The van der Waals surface area contributed by atoms with Crippen molar-refractivity contribution in [3.63, 3.8) is 0 Å². The van der Waals surface area contributed by atoms with Gasteiger partial charge in [0.05, 0.1) is 6.10 Å². The van der Waals surface area contributed by atoms with Crippen molar-refractivity contribution in [1.29, 1.82) is 0 Å². The van der Waals surface area contributed by atoms with Gasteiger partial charge in [-0.2, -0.15) is 0 Å². The summed E-state index contributed by atoms with van der Waals surface area (Å²) in [6, 6.07) is 0.912. The summed E-state index contributed by atoms with van der Waals surface area (Å²) in [5.74, 6) is 1.87. The molecule has 1 aliphatic carbocycles. The van der Waals surface area contributed by atoms with Crippen LogP contribution in [0.25, 0.3) is 0 Å². The maximum absolute atomic E-state index is 5.76. The number of hydrogen-bond donors (Lipinski definition) is 1. The van der Waals surface area contributed by atoms with Crippen molar-refractivity contribution in [2.75, 3.05) is 45.9 Å². The van der Waals surface area contributed by atoms with E-state index < -0.39 is 0 Å². The first-order valence-electron chi connectivity index (χ1n) is 9.69. The number of nitrogens with one attached hydrogen (secondary N) is 1. The van der Waals surface area contributed by atoms with Crippen LogP contribution in [0.15, 0.2) is 4.99 Å². The van der Waals surface area contributed by atoms with Crippen LogP contribution in [0.4, 0.5) is 0 Å². The van der Waals surface area contributed by atoms with Crippen molar-refractivity contribution in [2.45, 2.75) is 58.1 Å². The number of guanidine groups is 1. The second-order valence-corrected chi connectivity index (χ2v) is 7.22. The van der Waals surface area contributed by atoms with E-state index in [1.165, 1.54) is 32.4 Å². The van der Waals surface area contributed by atoms with E-state index in [-0.39, 0.29) is 0 Å². The zero-order chi connectivity index (χ0) is 16.1. The van der Waals surface area contributed by atoms with Gasteiger partial charge in [0.1, 0.15) is 0 Å². The molecule has 1 atom stereocenters. The van der Waals surface area contributed by atoms with E-state index in [2.05, 4.69) is 29.0 Å². The summed E-state index contributed by atoms with van der Waals surface area (Å²) in [4.78, 5) is 10.1. The Kier molecular flexibility index (Phi) is 6.17. The van der Waals surface area contributed by atoms with Gasteiger partial charge in [0.2, 0.25) is 0 Å². The van der Waals surface area contributed by atoms with Gasteiger partial charge in [-0.15, -0.1) is 0 Å². The lowest BCUT2D eigenvalue weighted by atomic mass is 10.1. The van der Waals surface area contributed by atoms with Crippen LogP contribution >= 0.6 is 0 Å². The molecule has 2 heterocycles. The number of rotatable bonds is 6. The topological polar surface area (TPSA) is 40.1 Å². The van der Waals surface area contributed by atoms with Crippen molar-refractivity contribution in [1.82, 2.24) is 15.1 Å². The second-order valence-electron chi connectivity index (χ2n) is 7.22. The highest BCUT2D eigenvalue weighted by atomic mass is 16.5. The summed E-state index contributed by atoms with van der Waals surface area (Å²) < 4.78 is 5.76. The number of nitrogens with zero attached hydrogens (tertiary/aromatic N) is 3. The quantitative estimate of drug-likeness (QED) is 0.599. The highest BCUT2D eigenvalue weighted by molar-refractivity contribution is 5.80. The number of aliphatic imine (C=N–C) groups is 1. The minimum atomic E-state index is 0.445. The predicted molar refractivity (Wildman–Crippen MR) is 94.9 cm³/mol. The Balaban J connectivity index is 1.47. The monoisotopic (exact) mass is 322 g/mol. The fraction of sp³-hybridized carbons (Fsp3) is 0.944. The number of ether oxygens (including phenoxy) is 1. The van der Waals surface area contributed by atoms with Crippen LogP contribution in [0, 0.1) is 5.92 Å². The maximum Gasteiger partial charge on any atom is 0.193 e. The molecule has 0 bridgehead atoms. The van der Waals surface area contributed by atoms with Crippen molar-refractivity contribution in [2.24, 2.45) is 10.9 Å². The Labute approximate surface area is 141 Å². The maximum atomic E-state index is 5.76. The van der Waals surface area contributed by atoms with Gasteiger partial charge >= 0.3 is 0 Å². The van der Waals surface area contributed by atoms with Crippen LogP contribution in [-0.2, 0) is 4.74 Å². The Morgan fingerprint density at radius 3 is 2.52 bits per heavy atom. The largest absolute Gasteiger partial charge is 0.378 e. The molecule has 5 nitrogen and oxygen atoms in total. The fourth-order valence-electron chi connectivity index (χ4n) is 3.89. The van der Waals surface area contributed by atoms with Crippen LogP contribution in [0.5, 0.6) is 0 Å². The lowest BCUT2D eigenvalue weighted by Gasteiger charge is -2.34. The van der Waals surface area contributed by atoms with Crippen LogP contribution in [0.1, 0.15) is 46.0 Å². The molecule has 0 amide bonds. The molecule has 1 N–H and O–H groups in total. The van der Waals surface area contributed by atoms with E-state index in [9.17, 15) is 0 Å². The molecular formula is C18H34N4O. The lowest BCUT2D eigenvalue weighted by Crippen LogP contribution is -2.47. The van der Waals surface area contributed by atoms with Crippen LogP contribution < -0.4 is 5.32 Å². The lowest BCUT2D eigenvalue weighted by molar-refractivity contribution is 0.0263. The molecule has 5 heteroatoms. The minimum Gasteiger partial charge on any atom is -0.378 e. The molecule has 1 unspecified atom stereocenters. The van der Waals surface area contributed by atoms with Crippen LogP contribution in [0.2, 0.25) is 0 Å². The third-order valence-corrected chi connectivity index (χ3v) is 5.36. The van der Waals surface area contributed by atoms with Crippen LogP contribution in [0.3, 0.4) is 0 Å².